The lowest BCUT2D eigenvalue weighted by Gasteiger charge is -2.08. The molecule has 4 aromatic rings. The molecular weight excluding hydrogens is 314 g/mol. The van der Waals surface area contributed by atoms with E-state index in [9.17, 15) is 4.79 Å². The minimum absolute atomic E-state index is 0.286. The average molecular weight is 331 g/mol. The minimum atomic E-state index is -0.286. The van der Waals surface area contributed by atoms with Gasteiger partial charge in [-0.25, -0.2) is 4.68 Å². The molecule has 0 spiro atoms. The van der Waals surface area contributed by atoms with E-state index in [2.05, 4.69) is 10.4 Å². The second kappa shape index (κ2) is 5.94. The van der Waals surface area contributed by atoms with E-state index >= 15 is 0 Å². The Balaban J connectivity index is 1.70. The van der Waals surface area contributed by atoms with Crippen LogP contribution in [-0.4, -0.2) is 15.7 Å². The maximum Gasteiger partial charge on any atom is 0.292 e. The molecule has 5 nitrogen and oxygen atoms in total. The van der Waals surface area contributed by atoms with E-state index in [1.807, 2.05) is 74.5 Å². The molecule has 0 aliphatic carbocycles. The number of anilines is 1. The number of aryl methyl sites for hydroxylation is 2. The highest BCUT2D eigenvalue weighted by Gasteiger charge is 2.19. The Hall–Kier alpha value is -3.34. The van der Waals surface area contributed by atoms with Crippen LogP contribution in [0.3, 0.4) is 0 Å². The lowest BCUT2D eigenvalue weighted by molar-refractivity contribution is 0.0997. The summed E-state index contributed by atoms with van der Waals surface area (Å²) in [5.41, 5.74) is 3.24. The maximum absolute atomic E-state index is 12.8. The standard InChI is InChI=1S/C20H17N3O2/c1-13-12-18(23(22-13)15-8-4-3-5-9-15)21-20(24)19-14(2)16-10-6-7-11-17(16)25-19/h3-12H,1-2H3,(H,21,24). The molecule has 0 saturated carbocycles. The van der Waals surface area contributed by atoms with Crippen LogP contribution in [0.1, 0.15) is 21.8 Å². The molecule has 124 valence electrons. The zero-order valence-corrected chi connectivity index (χ0v) is 14.0. The van der Waals surface area contributed by atoms with Crippen molar-refractivity contribution in [1.29, 1.82) is 0 Å². The van der Waals surface area contributed by atoms with Crippen molar-refractivity contribution in [1.82, 2.24) is 9.78 Å². The predicted molar refractivity (Wildman–Crippen MR) is 97.2 cm³/mol. The van der Waals surface area contributed by atoms with Gasteiger partial charge in [-0.3, -0.25) is 4.79 Å². The molecule has 1 amide bonds. The summed E-state index contributed by atoms with van der Waals surface area (Å²) in [7, 11) is 0. The van der Waals surface area contributed by atoms with Crippen LogP contribution in [0.5, 0.6) is 0 Å². The molecule has 2 aromatic heterocycles. The highest BCUT2D eigenvalue weighted by Crippen LogP contribution is 2.26. The number of hydrogen-bond acceptors (Lipinski definition) is 3. The summed E-state index contributed by atoms with van der Waals surface area (Å²) in [6, 6.07) is 19.1. The van der Waals surface area contributed by atoms with Crippen LogP contribution in [0.4, 0.5) is 5.82 Å². The Morgan fingerprint density at radius 2 is 1.76 bits per heavy atom. The molecule has 0 fully saturated rings. The van der Waals surface area contributed by atoms with Gasteiger partial charge in [0.25, 0.3) is 5.91 Å². The molecule has 0 aliphatic rings. The largest absolute Gasteiger partial charge is 0.451 e. The van der Waals surface area contributed by atoms with Crippen LogP contribution in [0.25, 0.3) is 16.7 Å². The molecule has 2 heterocycles. The zero-order valence-electron chi connectivity index (χ0n) is 14.0. The van der Waals surface area contributed by atoms with E-state index < -0.39 is 0 Å². The summed E-state index contributed by atoms with van der Waals surface area (Å²) in [5.74, 6) is 0.638. The van der Waals surface area contributed by atoms with Crippen molar-refractivity contribution < 1.29 is 9.21 Å². The number of nitrogens with zero attached hydrogens (tertiary/aromatic N) is 2. The van der Waals surface area contributed by atoms with Crippen molar-refractivity contribution in [2.24, 2.45) is 0 Å². The van der Waals surface area contributed by atoms with Crippen LogP contribution in [-0.2, 0) is 0 Å². The topological polar surface area (TPSA) is 60.1 Å². The van der Waals surface area contributed by atoms with Crippen molar-refractivity contribution in [2.75, 3.05) is 5.32 Å². The first kappa shape index (κ1) is 15.2. The third-order valence-corrected chi connectivity index (χ3v) is 4.12. The molecule has 0 radical (unpaired) electrons. The molecule has 1 N–H and O–H groups in total. The minimum Gasteiger partial charge on any atom is -0.451 e. The number of carbonyl (C=O) groups excluding carboxylic acids is 1. The van der Waals surface area contributed by atoms with Gasteiger partial charge in [0, 0.05) is 17.0 Å². The maximum atomic E-state index is 12.8. The van der Waals surface area contributed by atoms with Gasteiger partial charge in [0.05, 0.1) is 11.4 Å². The number of furan rings is 1. The van der Waals surface area contributed by atoms with Crippen LogP contribution in [0, 0.1) is 13.8 Å². The highest BCUT2D eigenvalue weighted by molar-refractivity contribution is 6.06. The first-order valence-electron chi connectivity index (χ1n) is 8.05. The summed E-state index contributed by atoms with van der Waals surface area (Å²) >= 11 is 0. The fourth-order valence-corrected chi connectivity index (χ4v) is 2.92. The zero-order chi connectivity index (χ0) is 17.4. The van der Waals surface area contributed by atoms with E-state index in [1.54, 1.807) is 4.68 Å². The van der Waals surface area contributed by atoms with E-state index in [-0.39, 0.29) is 5.91 Å². The Bertz CT molecular complexity index is 1060. The van der Waals surface area contributed by atoms with Gasteiger partial charge in [0.15, 0.2) is 5.76 Å². The van der Waals surface area contributed by atoms with Gasteiger partial charge in [-0.15, -0.1) is 0 Å². The Morgan fingerprint density at radius 3 is 2.52 bits per heavy atom. The van der Waals surface area contributed by atoms with Crippen molar-refractivity contribution in [3.05, 3.63) is 77.7 Å². The second-order valence-corrected chi connectivity index (χ2v) is 5.92. The van der Waals surface area contributed by atoms with E-state index in [4.69, 9.17) is 4.42 Å². The quantitative estimate of drug-likeness (QED) is 0.602. The smallest absolute Gasteiger partial charge is 0.292 e. The number of para-hydroxylation sites is 2. The molecule has 5 heteroatoms. The Kier molecular flexibility index (Phi) is 3.61. The number of rotatable bonds is 3. The molecule has 2 aromatic carbocycles. The van der Waals surface area contributed by atoms with Crippen molar-refractivity contribution in [3.8, 4) is 5.69 Å². The fourth-order valence-electron chi connectivity index (χ4n) is 2.92. The average Bonchev–Trinajstić information content (AvgIpc) is 3.16. The van der Waals surface area contributed by atoms with E-state index in [0.717, 1.165) is 22.3 Å². The fraction of sp³-hybridized carbons (Fsp3) is 0.100. The number of benzene rings is 2. The van der Waals surface area contributed by atoms with Gasteiger partial charge in [0.2, 0.25) is 0 Å². The number of hydrogen-bond donors (Lipinski definition) is 1. The van der Waals surface area contributed by atoms with Gasteiger partial charge >= 0.3 is 0 Å². The number of carbonyl (C=O) groups is 1. The lowest BCUT2D eigenvalue weighted by Crippen LogP contribution is -2.15. The first-order valence-corrected chi connectivity index (χ1v) is 8.05. The van der Waals surface area contributed by atoms with E-state index in [0.29, 0.717) is 17.2 Å². The van der Waals surface area contributed by atoms with Crippen molar-refractivity contribution in [2.45, 2.75) is 13.8 Å². The molecule has 0 unspecified atom stereocenters. The van der Waals surface area contributed by atoms with Gasteiger partial charge in [-0.05, 0) is 32.0 Å². The predicted octanol–water partition coefficient (Wildman–Crippen LogP) is 4.49. The van der Waals surface area contributed by atoms with Gasteiger partial charge in [0.1, 0.15) is 11.4 Å². The highest BCUT2D eigenvalue weighted by atomic mass is 16.3. The second-order valence-electron chi connectivity index (χ2n) is 5.92. The summed E-state index contributed by atoms with van der Waals surface area (Å²) in [4.78, 5) is 12.8. The van der Waals surface area contributed by atoms with Crippen LogP contribution in [0.15, 0.2) is 65.1 Å². The summed E-state index contributed by atoms with van der Waals surface area (Å²) < 4.78 is 7.46. The third kappa shape index (κ3) is 2.70. The first-order chi connectivity index (χ1) is 12.1. The Labute approximate surface area is 144 Å². The third-order valence-electron chi connectivity index (χ3n) is 4.12. The van der Waals surface area contributed by atoms with E-state index in [1.165, 1.54) is 0 Å². The molecule has 25 heavy (non-hydrogen) atoms. The van der Waals surface area contributed by atoms with Gasteiger partial charge in [-0.1, -0.05) is 36.4 Å². The Morgan fingerprint density at radius 1 is 1.04 bits per heavy atom. The number of aromatic nitrogens is 2. The number of fused-ring (bicyclic) bond motifs is 1. The molecule has 0 bridgehead atoms. The van der Waals surface area contributed by atoms with Gasteiger partial charge in [-0.2, -0.15) is 5.10 Å². The normalized spacial score (nSPS) is 11.0. The van der Waals surface area contributed by atoms with Crippen molar-refractivity contribution in [3.63, 3.8) is 0 Å². The lowest BCUT2D eigenvalue weighted by atomic mass is 10.1. The monoisotopic (exact) mass is 331 g/mol. The molecule has 0 saturated heterocycles. The summed E-state index contributed by atoms with van der Waals surface area (Å²) in [6.45, 7) is 3.78. The molecular formula is C20H17N3O2. The van der Waals surface area contributed by atoms with Crippen molar-refractivity contribution >= 4 is 22.7 Å². The number of amides is 1. The van der Waals surface area contributed by atoms with Crippen LogP contribution in [0.2, 0.25) is 0 Å². The molecule has 4 rings (SSSR count). The van der Waals surface area contributed by atoms with Gasteiger partial charge < -0.3 is 9.73 Å². The molecule has 0 aliphatic heterocycles. The molecule has 0 atom stereocenters. The SMILES string of the molecule is Cc1cc(NC(=O)c2oc3ccccc3c2C)n(-c2ccccc2)n1. The van der Waals surface area contributed by atoms with Crippen LogP contribution < -0.4 is 5.32 Å². The summed E-state index contributed by atoms with van der Waals surface area (Å²) in [5, 5.41) is 8.32. The summed E-state index contributed by atoms with van der Waals surface area (Å²) in [6.07, 6.45) is 0. The number of nitrogens with one attached hydrogen (secondary N) is 1. The van der Waals surface area contributed by atoms with Crippen LogP contribution >= 0.6 is 0 Å².